The van der Waals surface area contributed by atoms with E-state index < -0.39 is 0 Å². The number of hydrogen-bond acceptors (Lipinski definition) is 3. The predicted molar refractivity (Wildman–Crippen MR) is 96.7 cm³/mol. The van der Waals surface area contributed by atoms with E-state index in [1.807, 2.05) is 18.2 Å². The summed E-state index contributed by atoms with van der Waals surface area (Å²) >= 11 is 0. The summed E-state index contributed by atoms with van der Waals surface area (Å²) in [5, 5.41) is 3.62. The van der Waals surface area contributed by atoms with Crippen molar-refractivity contribution in [2.24, 2.45) is 0 Å². The van der Waals surface area contributed by atoms with Crippen molar-refractivity contribution in [3.8, 4) is 5.75 Å². The van der Waals surface area contributed by atoms with Crippen LogP contribution < -0.4 is 10.1 Å². The first-order valence-corrected chi connectivity index (χ1v) is 8.74. The molecule has 3 rings (SSSR count). The maximum atomic E-state index is 13.7. The molecule has 3 atom stereocenters. The lowest BCUT2D eigenvalue weighted by Gasteiger charge is -2.21. The number of halogens is 1. The number of nitrogens with one attached hydrogen (secondary N) is 1. The highest BCUT2D eigenvalue weighted by Crippen LogP contribution is 2.35. The van der Waals surface area contributed by atoms with Crippen molar-refractivity contribution in [2.45, 2.75) is 44.2 Å². The summed E-state index contributed by atoms with van der Waals surface area (Å²) in [6, 6.07) is 13.2. The summed E-state index contributed by atoms with van der Waals surface area (Å²) in [6.07, 6.45) is 4.14. The molecule has 3 unspecified atom stereocenters. The Bertz CT molecular complexity index is 729. The topological polar surface area (TPSA) is 38.3 Å². The van der Waals surface area contributed by atoms with Gasteiger partial charge in [-0.05, 0) is 55.4 Å². The van der Waals surface area contributed by atoms with Gasteiger partial charge in [-0.2, -0.15) is 0 Å². The highest BCUT2D eigenvalue weighted by molar-refractivity contribution is 5.74. The van der Waals surface area contributed by atoms with E-state index in [1.54, 1.807) is 13.2 Å². The third-order valence-electron chi connectivity index (χ3n) is 5.09. The minimum atomic E-state index is -0.275. The normalized spacial score (nSPS) is 21.1. The molecule has 1 N–H and O–H groups in total. The lowest BCUT2D eigenvalue weighted by molar-refractivity contribution is 0.112. The van der Waals surface area contributed by atoms with E-state index in [9.17, 15) is 9.18 Å². The Kier molecular flexibility index (Phi) is 5.49. The number of ether oxygens (including phenoxy) is 1. The molecule has 0 bridgehead atoms. The van der Waals surface area contributed by atoms with Gasteiger partial charge in [-0.3, -0.25) is 4.79 Å². The molecular weight excluding hydrogens is 317 g/mol. The zero-order valence-electron chi connectivity index (χ0n) is 14.7. The molecule has 1 aliphatic rings. The van der Waals surface area contributed by atoms with Crippen LogP contribution >= 0.6 is 0 Å². The van der Waals surface area contributed by atoms with Crippen molar-refractivity contribution in [1.82, 2.24) is 5.32 Å². The van der Waals surface area contributed by atoms with Gasteiger partial charge in [0.2, 0.25) is 0 Å². The van der Waals surface area contributed by atoms with Crippen LogP contribution in [0.4, 0.5) is 4.39 Å². The smallest absolute Gasteiger partial charge is 0.150 e. The quantitative estimate of drug-likeness (QED) is 0.778. The van der Waals surface area contributed by atoms with E-state index in [-0.39, 0.29) is 11.9 Å². The first kappa shape index (κ1) is 17.6. The fraction of sp³-hybridized carbons (Fsp3) is 0.381. The van der Waals surface area contributed by atoms with Gasteiger partial charge in [-0.25, -0.2) is 4.39 Å². The van der Waals surface area contributed by atoms with Gasteiger partial charge in [0.05, 0.1) is 7.11 Å². The number of rotatable bonds is 6. The standard InChI is InChI=1S/C21H24FNO2/c1-14(18-9-19(22)12-21(11-18)25-2)23-20-8-7-17(10-20)16-5-3-15(13-24)4-6-16/h3-6,9,11-14,17,20,23H,7-8,10H2,1-2H3. The van der Waals surface area contributed by atoms with Crippen LogP contribution in [0.5, 0.6) is 5.75 Å². The maximum Gasteiger partial charge on any atom is 0.150 e. The first-order chi connectivity index (χ1) is 12.1. The third kappa shape index (κ3) is 4.26. The minimum absolute atomic E-state index is 0.0609. The Balaban J connectivity index is 1.62. The van der Waals surface area contributed by atoms with E-state index in [0.29, 0.717) is 23.3 Å². The summed E-state index contributed by atoms with van der Waals surface area (Å²) in [4.78, 5) is 10.8. The Morgan fingerprint density at radius 1 is 1.20 bits per heavy atom. The van der Waals surface area contributed by atoms with E-state index in [4.69, 9.17) is 4.74 Å². The second-order valence-corrected chi connectivity index (χ2v) is 6.80. The van der Waals surface area contributed by atoms with Crippen molar-refractivity contribution in [1.29, 1.82) is 0 Å². The number of hydrogen-bond donors (Lipinski definition) is 1. The Morgan fingerprint density at radius 2 is 1.96 bits per heavy atom. The van der Waals surface area contributed by atoms with Crippen LogP contribution in [0.3, 0.4) is 0 Å². The summed E-state index contributed by atoms with van der Waals surface area (Å²) in [5.41, 5.74) is 2.90. The van der Waals surface area contributed by atoms with Gasteiger partial charge in [-0.15, -0.1) is 0 Å². The molecule has 4 heteroatoms. The Hall–Kier alpha value is -2.20. The molecule has 0 radical (unpaired) electrons. The molecule has 0 spiro atoms. The number of carbonyl (C=O) groups excluding carboxylic acids is 1. The van der Waals surface area contributed by atoms with E-state index in [0.717, 1.165) is 31.1 Å². The fourth-order valence-electron chi connectivity index (χ4n) is 3.68. The number of carbonyl (C=O) groups is 1. The van der Waals surface area contributed by atoms with Gasteiger partial charge in [-0.1, -0.05) is 24.3 Å². The summed E-state index contributed by atoms with van der Waals surface area (Å²) in [6.45, 7) is 2.06. The van der Waals surface area contributed by atoms with E-state index in [1.165, 1.54) is 11.6 Å². The molecule has 25 heavy (non-hydrogen) atoms. The van der Waals surface area contributed by atoms with Crippen molar-refractivity contribution >= 4 is 6.29 Å². The molecule has 1 saturated carbocycles. The molecule has 3 nitrogen and oxygen atoms in total. The SMILES string of the molecule is COc1cc(F)cc(C(C)NC2CCC(c3ccc(C=O)cc3)C2)c1. The van der Waals surface area contributed by atoms with Crippen LogP contribution in [0, 0.1) is 5.82 Å². The van der Waals surface area contributed by atoms with Gasteiger partial charge >= 0.3 is 0 Å². The van der Waals surface area contributed by atoms with E-state index >= 15 is 0 Å². The van der Waals surface area contributed by atoms with Crippen molar-refractivity contribution in [3.63, 3.8) is 0 Å². The Morgan fingerprint density at radius 3 is 2.64 bits per heavy atom. The Labute approximate surface area is 148 Å². The highest BCUT2D eigenvalue weighted by atomic mass is 19.1. The molecule has 1 fully saturated rings. The van der Waals surface area contributed by atoms with Crippen LogP contribution in [0.1, 0.15) is 59.6 Å². The second-order valence-electron chi connectivity index (χ2n) is 6.80. The van der Waals surface area contributed by atoms with Gasteiger partial charge in [0.25, 0.3) is 0 Å². The third-order valence-corrected chi connectivity index (χ3v) is 5.09. The predicted octanol–water partition coefficient (Wildman–Crippen LogP) is 4.63. The van der Waals surface area contributed by atoms with Gasteiger partial charge in [0, 0.05) is 23.7 Å². The van der Waals surface area contributed by atoms with Crippen molar-refractivity contribution in [3.05, 3.63) is 65.0 Å². The molecule has 0 aromatic heterocycles. The zero-order chi connectivity index (χ0) is 17.8. The fourth-order valence-corrected chi connectivity index (χ4v) is 3.68. The highest BCUT2D eigenvalue weighted by Gasteiger charge is 2.27. The largest absolute Gasteiger partial charge is 0.497 e. The second kappa shape index (κ2) is 7.79. The molecule has 1 aliphatic carbocycles. The molecule has 132 valence electrons. The summed E-state index contributed by atoms with van der Waals surface area (Å²) in [7, 11) is 1.55. The van der Waals surface area contributed by atoms with Crippen molar-refractivity contribution in [2.75, 3.05) is 7.11 Å². The summed E-state index contributed by atoms with van der Waals surface area (Å²) in [5.74, 6) is 0.776. The van der Waals surface area contributed by atoms with Gasteiger partial charge in [0.15, 0.2) is 0 Å². The first-order valence-electron chi connectivity index (χ1n) is 8.74. The molecule has 0 heterocycles. The molecule has 2 aromatic carbocycles. The monoisotopic (exact) mass is 341 g/mol. The van der Waals surface area contributed by atoms with Crippen LogP contribution in [-0.2, 0) is 0 Å². The van der Waals surface area contributed by atoms with Crippen molar-refractivity contribution < 1.29 is 13.9 Å². The molecule has 0 aliphatic heterocycles. The molecule has 0 amide bonds. The zero-order valence-corrected chi connectivity index (χ0v) is 14.7. The number of methoxy groups -OCH3 is 1. The van der Waals surface area contributed by atoms with Gasteiger partial charge < -0.3 is 10.1 Å². The minimum Gasteiger partial charge on any atom is -0.497 e. The molecule has 2 aromatic rings. The lowest BCUT2D eigenvalue weighted by Crippen LogP contribution is -2.29. The maximum absolute atomic E-state index is 13.7. The number of aldehydes is 1. The van der Waals surface area contributed by atoms with Crippen LogP contribution in [0.25, 0.3) is 0 Å². The lowest BCUT2D eigenvalue weighted by atomic mass is 9.96. The molecule has 0 saturated heterocycles. The summed E-state index contributed by atoms with van der Waals surface area (Å²) < 4.78 is 18.9. The van der Waals surface area contributed by atoms with Crippen LogP contribution in [0.15, 0.2) is 42.5 Å². The average molecular weight is 341 g/mol. The van der Waals surface area contributed by atoms with Crippen LogP contribution in [0.2, 0.25) is 0 Å². The van der Waals surface area contributed by atoms with E-state index in [2.05, 4.69) is 24.4 Å². The average Bonchev–Trinajstić information content (AvgIpc) is 3.09. The van der Waals surface area contributed by atoms with Crippen LogP contribution in [-0.4, -0.2) is 19.4 Å². The van der Waals surface area contributed by atoms with Gasteiger partial charge in [0.1, 0.15) is 17.9 Å². The number of benzene rings is 2. The molecular formula is C21H24FNO2.